The molecule has 0 saturated heterocycles. The predicted molar refractivity (Wildman–Crippen MR) is 74.4 cm³/mol. The van der Waals surface area contributed by atoms with Gasteiger partial charge in [0.25, 0.3) is 0 Å². The number of halogens is 2. The lowest BCUT2D eigenvalue weighted by atomic mass is 10.2. The summed E-state index contributed by atoms with van der Waals surface area (Å²) in [4.78, 5) is 4.48. The van der Waals surface area contributed by atoms with E-state index in [1.165, 1.54) is 17.4 Å². The predicted octanol–water partition coefficient (Wildman–Crippen LogP) is 4.34. The lowest BCUT2D eigenvalue weighted by Gasteiger charge is -1.99. The summed E-state index contributed by atoms with van der Waals surface area (Å²) in [7, 11) is 0. The van der Waals surface area contributed by atoms with E-state index in [1.807, 2.05) is 12.1 Å². The third-order valence-electron chi connectivity index (χ3n) is 2.59. The standard InChI is InChI=1S/C13H8ClFN2S/c14-8-2-4-11-12(6-8)18-13(17-11)7-1-3-9(15)10(16)5-7/h1-6H,16H2. The minimum atomic E-state index is -0.414. The van der Waals surface area contributed by atoms with Crippen molar-refractivity contribution >= 4 is 38.8 Å². The average Bonchev–Trinajstić information content (AvgIpc) is 2.75. The molecule has 0 bridgehead atoms. The summed E-state index contributed by atoms with van der Waals surface area (Å²) in [5.41, 5.74) is 7.37. The van der Waals surface area contributed by atoms with Crippen LogP contribution in [0.4, 0.5) is 10.1 Å². The third-order valence-corrected chi connectivity index (χ3v) is 3.90. The van der Waals surface area contributed by atoms with Crippen molar-refractivity contribution in [1.29, 1.82) is 0 Å². The first-order valence-corrected chi connectivity index (χ1v) is 6.44. The third kappa shape index (κ3) is 1.94. The molecule has 0 radical (unpaired) electrons. The highest BCUT2D eigenvalue weighted by Gasteiger charge is 2.08. The van der Waals surface area contributed by atoms with E-state index in [4.69, 9.17) is 17.3 Å². The molecule has 2 aromatic carbocycles. The number of hydrogen-bond acceptors (Lipinski definition) is 3. The Labute approximate surface area is 112 Å². The van der Waals surface area contributed by atoms with Gasteiger partial charge in [-0.3, -0.25) is 0 Å². The second-order valence-electron chi connectivity index (χ2n) is 3.87. The zero-order chi connectivity index (χ0) is 12.7. The number of thiazole rings is 1. The van der Waals surface area contributed by atoms with Crippen LogP contribution in [0.15, 0.2) is 36.4 Å². The number of fused-ring (bicyclic) bond motifs is 1. The fourth-order valence-electron chi connectivity index (χ4n) is 1.70. The van der Waals surface area contributed by atoms with E-state index in [-0.39, 0.29) is 5.69 Å². The molecule has 1 aromatic heterocycles. The Morgan fingerprint density at radius 3 is 2.78 bits per heavy atom. The second kappa shape index (κ2) is 4.23. The summed E-state index contributed by atoms with van der Waals surface area (Å²) < 4.78 is 14.1. The number of benzene rings is 2. The van der Waals surface area contributed by atoms with Crippen molar-refractivity contribution in [2.75, 3.05) is 5.73 Å². The Balaban J connectivity index is 2.16. The van der Waals surface area contributed by atoms with Gasteiger partial charge in [0.15, 0.2) is 0 Å². The number of aromatic nitrogens is 1. The van der Waals surface area contributed by atoms with Crippen molar-refractivity contribution in [3.63, 3.8) is 0 Å². The minimum Gasteiger partial charge on any atom is -0.396 e. The van der Waals surface area contributed by atoms with Crippen LogP contribution >= 0.6 is 22.9 Å². The summed E-state index contributed by atoms with van der Waals surface area (Å²) in [6.45, 7) is 0. The highest BCUT2D eigenvalue weighted by atomic mass is 35.5. The van der Waals surface area contributed by atoms with Gasteiger partial charge in [0.05, 0.1) is 15.9 Å². The largest absolute Gasteiger partial charge is 0.396 e. The van der Waals surface area contributed by atoms with E-state index in [0.29, 0.717) is 5.02 Å². The normalized spacial score (nSPS) is 11.0. The van der Waals surface area contributed by atoms with Gasteiger partial charge in [0.1, 0.15) is 10.8 Å². The molecule has 0 aliphatic rings. The molecule has 0 aliphatic carbocycles. The topological polar surface area (TPSA) is 38.9 Å². The van der Waals surface area contributed by atoms with E-state index in [0.717, 1.165) is 20.8 Å². The van der Waals surface area contributed by atoms with E-state index in [2.05, 4.69) is 4.98 Å². The minimum absolute atomic E-state index is 0.129. The number of hydrogen-bond donors (Lipinski definition) is 1. The van der Waals surface area contributed by atoms with Crippen LogP contribution in [-0.4, -0.2) is 4.98 Å². The van der Waals surface area contributed by atoms with Crippen molar-refractivity contribution in [3.8, 4) is 10.6 Å². The monoisotopic (exact) mass is 278 g/mol. The van der Waals surface area contributed by atoms with Gasteiger partial charge in [0, 0.05) is 10.6 Å². The van der Waals surface area contributed by atoms with Crippen LogP contribution in [0, 0.1) is 5.82 Å². The van der Waals surface area contributed by atoms with Crippen LogP contribution in [0.3, 0.4) is 0 Å². The Bertz CT molecular complexity index is 739. The van der Waals surface area contributed by atoms with Crippen LogP contribution in [0.5, 0.6) is 0 Å². The van der Waals surface area contributed by atoms with Crippen molar-refractivity contribution in [1.82, 2.24) is 4.98 Å². The zero-order valence-corrected chi connectivity index (χ0v) is 10.7. The molecule has 18 heavy (non-hydrogen) atoms. The van der Waals surface area contributed by atoms with Crippen LogP contribution < -0.4 is 5.73 Å². The van der Waals surface area contributed by atoms with Gasteiger partial charge in [-0.25, -0.2) is 9.37 Å². The number of nitrogen functional groups attached to an aromatic ring is 1. The number of anilines is 1. The molecule has 0 amide bonds. The molecule has 3 rings (SSSR count). The molecule has 2 nitrogen and oxygen atoms in total. The molecule has 0 saturated carbocycles. The quantitative estimate of drug-likeness (QED) is 0.673. The number of nitrogens with two attached hydrogens (primary N) is 1. The van der Waals surface area contributed by atoms with Crippen molar-refractivity contribution in [3.05, 3.63) is 47.2 Å². The van der Waals surface area contributed by atoms with Gasteiger partial charge in [0.2, 0.25) is 0 Å². The number of nitrogens with zero attached hydrogens (tertiary/aromatic N) is 1. The molecule has 0 atom stereocenters. The second-order valence-corrected chi connectivity index (χ2v) is 5.33. The molecular formula is C13H8ClFN2S. The SMILES string of the molecule is Nc1cc(-c2nc3ccc(Cl)cc3s2)ccc1F. The van der Waals surface area contributed by atoms with Gasteiger partial charge in [-0.05, 0) is 36.4 Å². The van der Waals surface area contributed by atoms with Gasteiger partial charge in [-0.2, -0.15) is 0 Å². The molecule has 0 unspecified atom stereocenters. The first-order chi connectivity index (χ1) is 8.63. The molecule has 1 heterocycles. The summed E-state index contributed by atoms with van der Waals surface area (Å²) in [5.74, 6) is -0.414. The fourth-order valence-corrected chi connectivity index (χ4v) is 2.94. The summed E-state index contributed by atoms with van der Waals surface area (Å²) in [6, 6.07) is 10.1. The van der Waals surface area contributed by atoms with E-state index < -0.39 is 5.82 Å². The van der Waals surface area contributed by atoms with Crippen LogP contribution in [0.2, 0.25) is 5.02 Å². The van der Waals surface area contributed by atoms with Gasteiger partial charge in [-0.15, -0.1) is 11.3 Å². The Morgan fingerprint density at radius 1 is 1.17 bits per heavy atom. The van der Waals surface area contributed by atoms with Gasteiger partial charge in [-0.1, -0.05) is 11.6 Å². The highest BCUT2D eigenvalue weighted by Crippen LogP contribution is 2.32. The first kappa shape index (κ1) is 11.4. The molecule has 0 spiro atoms. The van der Waals surface area contributed by atoms with E-state index >= 15 is 0 Å². The zero-order valence-electron chi connectivity index (χ0n) is 9.15. The van der Waals surface area contributed by atoms with Crippen LogP contribution in [0.25, 0.3) is 20.8 Å². The van der Waals surface area contributed by atoms with Crippen molar-refractivity contribution < 1.29 is 4.39 Å². The molecule has 2 N–H and O–H groups in total. The summed E-state index contributed by atoms with van der Waals surface area (Å²) >= 11 is 7.43. The van der Waals surface area contributed by atoms with Crippen molar-refractivity contribution in [2.45, 2.75) is 0 Å². The molecule has 5 heteroatoms. The molecule has 3 aromatic rings. The van der Waals surface area contributed by atoms with Crippen LogP contribution in [0.1, 0.15) is 0 Å². The Morgan fingerprint density at radius 2 is 2.00 bits per heavy atom. The first-order valence-electron chi connectivity index (χ1n) is 5.25. The van der Waals surface area contributed by atoms with Crippen LogP contribution in [-0.2, 0) is 0 Å². The smallest absolute Gasteiger partial charge is 0.146 e. The fraction of sp³-hybridized carbons (Fsp3) is 0. The molecule has 0 aliphatic heterocycles. The number of rotatable bonds is 1. The molecule has 0 fully saturated rings. The lowest BCUT2D eigenvalue weighted by Crippen LogP contribution is -1.90. The maximum Gasteiger partial charge on any atom is 0.146 e. The van der Waals surface area contributed by atoms with E-state index in [1.54, 1.807) is 18.2 Å². The average molecular weight is 279 g/mol. The lowest BCUT2D eigenvalue weighted by molar-refractivity contribution is 0.632. The Kier molecular flexibility index (Phi) is 2.69. The van der Waals surface area contributed by atoms with Crippen molar-refractivity contribution in [2.24, 2.45) is 0 Å². The van der Waals surface area contributed by atoms with Gasteiger partial charge < -0.3 is 5.73 Å². The molecule has 90 valence electrons. The molecular weight excluding hydrogens is 271 g/mol. The summed E-state index contributed by atoms with van der Waals surface area (Å²) in [6.07, 6.45) is 0. The van der Waals surface area contributed by atoms with E-state index in [9.17, 15) is 4.39 Å². The highest BCUT2D eigenvalue weighted by molar-refractivity contribution is 7.21. The Hall–Kier alpha value is -1.65. The summed E-state index contributed by atoms with van der Waals surface area (Å²) in [5, 5.41) is 1.48. The maximum absolute atomic E-state index is 13.1. The maximum atomic E-state index is 13.1. The van der Waals surface area contributed by atoms with Gasteiger partial charge >= 0.3 is 0 Å².